The molecule has 3 aromatic rings. The van der Waals surface area contributed by atoms with Crippen molar-refractivity contribution in [3.63, 3.8) is 0 Å². The van der Waals surface area contributed by atoms with Crippen LogP contribution in [0.3, 0.4) is 0 Å². The maximum Gasteiger partial charge on any atom is 0.256 e. The van der Waals surface area contributed by atoms with Crippen molar-refractivity contribution >= 4 is 34.0 Å². The molecule has 0 unspecified atom stereocenters. The third kappa shape index (κ3) is 3.43. The number of rotatable bonds is 6. The van der Waals surface area contributed by atoms with Crippen LogP contribution in [-0.4, -0.2) is 42.2 Å². The molecule has 9 nitrogen and oxygen atoms in total. The Hall–Kier alpha value is -3.75. The van der Waals surface area contributed by atoms with E-state index in [1.807, 2.05) is 25.1 Å². The van der Waals surface area contributed by atoms with E-state index in [1.54, 1.807) is 12.4 Å². The Kier molecular flexibility index (Phi) is 5.55. The fraction of sp³-hybridized carbons (Fsp3) is 0.400. The highest BCUT2D eigenvalue weighted by atomic mass is 16.5. The fourth-order valence-electron chi connectivity index (χ4n) is 5.11. The number of hydrogen-bond donors (Lipinski definition) is 4. The fourth-order valence-corrected chi connectivity index (χ4v) is 5.11. The second-order valence-electron chi connectivity index (χ2n) is 9.03. The summed E-state index contributed by atoms with van der Waals surface area (Å²) in [6.07, 6.45) is 7.32. The number of nitrogens with one attached hydrogen (secondary N) is 3. The topological polar surface area (TPSA) is 123 Å². The average Bonchev–Trinajstić information content (AvgIpc) is 3.00. The molecule has 9 heteroatoms. The van der Waals surface area contributed by atoms with Gasteiger partial charge in [0, 0.05) is 44.5 Å². The molecule has 34 heavy (non-hydrogen) atoms. The lowest BCUT2D eigenvalue weighted by Crippen LogP contribution is -2.42. The normalized spacial score (nSPS) is 15.8. The number of benzene rings is 1. The number of amides is 1. The Labute approximate surface area is 197 Å². The van der Waals surface area contributed by atoms with Gasteiger partial charge in [0.15, 0.2) is 5.75 Å². The lowest BCUT2D eigenvalue weighted by molar-refractivity contribution is 0.0956. The second-order valence-corrected chi connectivity index (χ2v) is 9.03. The average molecular weight is 463 g/mol. The molecule has 1 saturated carbocycles. The van der Waals surface area contributed by atoms with E-state index < -0.39 is 5.91 Å². The summed E-state index contributed by atoms with van der Waals surface area (Å²) >= 11 is 0. The Morgan fingerprint density at radius 2 is 2.03 bits per heavy atom. The predicted octanol–water partition coefficient (Wildman–Crippen LogP) is 2.83. The lowest BCUT2D eigenvalue weighted by Gasteiger charge is -2.44. The first-order valence-corrected chi connectivity index (χ1v) is 11.7. The quantitative estimate of drug-likeness (QED) is 0.328. The summed E-state index contributed by atoms with van der Waals surface area (Å²) in [6, 6.07) is 5.72. The van der Waals surface area contributed by atoms with Crippen LogP contribution in [0.2, 0.25) is 0 Å². The van der Waals surface area contributed by atoms with E-state index in [2.05, 4.69) is 25.5 Å². The maximum absolute atomic E-state index is 13.5. The van der Waals surface area contributed by atoms with Crippen molar-refractivity contribution in [2.45, 2.75) is 38.1 Å². The number of hydrogen-bond acceptors (Lipinski definition) is 7. The highest BCUT2D eigenvalue weighted by molar-refractivity contribution is 6.05. The number of ether oxygens (including phenoxy) is 1. The highest BCUT2D eigenvalue weighted by Crippen LogP contribution is 2.50. The number of carbonyl (C=O) groups is 1. The van der Waals surface area contributed by atoms with Gasteiger partial charge in [0.2, 0.25) is 5.43 Å². The molecule has 0 bridgehead atoms. The molecule has 3 heterocycles. The van der Waals surface area contributed by atoms with Crippen LogP contribution in [0.4, 0.5) is 17.2 Å². The van der Waals surface area contributed by atoms with Crippen LogP contribution < -0.4 is 31.8 Å². The summed E-state index contributed by atoms with van der Waals surface area (Å²) in [6.45, 7) is 3.65. The number of aromatic nitrogens is 2. The van der Waals surface area contributed by atoms with Gasteiger partial charge in [-0.15, -0.1) is 0 Å². The Balaban J connectivity index is 1.62. The zero-order chi connectivity index (χ0) is 23.9. The van der Waals surface area contributed by atoms with E-state index in [1.165, 1.54) is 7.05 Å². The maximum atomic E-state index is 13.5. The lowest BCUT2D eigenvalue weighted by atomic mass is 9.74. The zero-order valence-corrected chi connectivity index (χ0v) is 19.5. The Morgan fingerprint density at radius 3 is 2.71 bits per heavy atom. The van der Waals surface area contributed by atoms with E-state index in [9.17, 15) is 9.59 Å². The molecule has 2 aliphatic rings. The molecular weight excluding hydrogens is 432 g/mol. The summed E-state index contributed by atoms with van der Waals surface area (Å²) in [4.78, 5) is 30.3. The number of nitrogens with zero attached hydrogens (tertiary/aromatic N) is 2. The minimum Gasteiger partial charge on any atom is -0.489 e. The van der Waals surface area contributed by atoms with Gasteiger partial charge in [0.25, 0.3) is 5.91 Å². The smallest absolute Gasteiger partial charge is 0.256 e. The summed E-state index contributed by atoms with van der Waals surface area (Å²) in [5.41, 5.74) is 8.73. The molecule has 178 valence electrons. The first-order chi connectivity index (χ1) is 16.5. The molecule has 0 radical (unpaired) electrons. The first-order valence-electron chi connectivity index (χ1n) is 11.7. The molecule has 1 aliphatic heterocycles. The van der Waals surface area contributed by atoms with Crippen molar-refractivity contribution in [3.05, 3.63) is 51.9 Å². The van der Waals surface area contributed by atoms with Crippen LogP contribution in [0.25, 0.3) is 10.9 Å². The standard InChI is InChI=1S/C25H30N6O3/c1-15-19(26)18-21-23(20(15)30-12-11-29-17-6-3-4-10-28-17)34-13-9-25(7-5-8-25)31(21)14-16(22(18)32)24(33)27-2/h3-4,6,10,14,30H,5,7-9,11-13,26H2,1-2H3,(H,27,33)(H,28,29). The molecule has 5 rings (SSSR count). The first kappa shape index (κ1) is 22.1. The van der Waals surface area contributed by atoms with Crippen molar-refractivity contribution in [3.8, 4) is 5.75 Å². The predicted molar refractivity (Wildman–Crippen MR) is 134 cm³/mol. The number of fused-ring (bicyclic) bond motifs is 1. The number of nitrogen functional groups attached to an aromatic ring is 1. The Bertz CT molecular complexity index is 1310. The molecular formula is C25H30N6O3. The van der Waals surface area contributed by atoms with Gasteiger partial charge in [0.1, 0.15) is 11.4 Å². The van der Waals surface area contributed by atoms with Crippen molar-refractivity contribution in [2.24, 2.45) is 0 Å². The van der Waals surface area contributed by atoms with E-state index in [0.29, 0.717) is 42.0 Å². The minimum absolute atomic E-state index is 0.112. The van der Waals surface area contributed by atoms with Gasteiger partial charge < -0.3 is 31.0 Å². The van der Waals surface area contributed by atoms with Crippen molar-refractivity contribution in [1.29, 1.82) is 0 Å². The van der Waals surface area contributed by atoms with Crippen LogP contribution in [-0.2, 0) is 5.54 Å². The molecule has 0 saturated heterocycles. The van der Waals surface area contributed by atoms with Crippen molar-refractivity contribution in [1.82, 2.24) is 14.9 Å². The van der Waals surface area contributed by atoms with Crippen LogP contribution in [0.1, 0.15) is 41.6 Å². The number of anilines is 3. The van der Waals surface area contributed by atoms with Crippen molar-refractivity contribution < 1.29 is 9.53 Å². The van der Waals surface area contributed by atoms with Gasteiger partial charge in [-0.25, -0.2) is 4.98 Å². The minimum atomic E-state index is -0.406. The van der Waals surface area contributed by atoms with Gasteiger partial charge in [0.05, 0.1) is 28.9 Å². The van der Waals surface area contributed by atoms with Crippen molar-refractivity contribution in [2.75, 3.05) is 43.1 Å². The van der Waals surface area contributed by atoms with Crippen LogP contribution in [0.5, 0.6) is 5.75 Å². The van der Waals surface area contributed by atoms with Gasteiger partial charge >= 0.3 is 0 Å². The van der Waals surface area contributed by atoms with Crippen LogP contribution >= 0.6 is 0 Å². The van der Waals surface area contributed by atoms with Gasteiger partial charge in [-0.05, 0) is 43.9 Å². The summed E-state index contributed by atoms with van der Waals surface area (Å²) in [7, 11) is 1.53. The van der Waals surface area contributed by atoms with E-state index in [-0.39, 0.29) is 16.5 Å². The van der Waals surface area contributed by atoms with Gasteiger partial charge in [-0.3, -0.25) is 9.59 Å². The zero-order valence-electron chi connectivity index (χ0n) is 19.5. The summed E-state index contributed by atoms with van der Waals surface area (Å²) in [5, 5.41) is 9.70. The summed E-state index contributed by atoms with van der Waals surface area (Å²) < 4.78 is 8.41. The third-order valence-corrected chi connectivity index (χ3v) is 7.18. The Morgan fingerprint density at radius 1 is 1.24 bits per heavy atom. The molecule has 5 N–H and O–H groups in total. The second kappa shape index (κ2) is 8.55. The molecule has 0 atom stereocenters. The number of nitrogens with two attached hydrogens (primary N) is 1. The molecule has 1 aromatic carbocycles. The van der Waals surface area contributed by atoms with Gasteiger partial charge in [-0.2, -0.15) is 0 Å². The third-order valence-electron chi connectivity index (χ3n) is 7.18. The summed E-state index contributed by atoms with van der Waals surface area (Å²) in [5.74, 6) is 1.02. The van der Waals surface area contributed by atoms with Crippen LogP contribution in [0, 0.1) is 6.92 Å². The highest BCUT2D eigenvalue weighted by Gasteiger charge is 2.42. The molecule has 1 fully saturated rings. The SMILES string of the molecule is CNC(=O)c1cn2c3c(c(NCCNc4ccccn4)c(C)c(N)c3c1=O)OCCC21CCC1. The molecule has 2 aromatic heterocycles. The molecule has 1 spiro atoms. The molecule has 1 aliphatic carbocycles. The largest absolute Gasteiger partial charge is 0.489 e. The monoisotopic (exact) mass is 462 g/mol. The van der Waals surface area contributed by atoms with E-state index >= 15 is 0 Å². The van der Waals surface area contributed by atoms with Gasteiger partial charge in [-0.1, -0.05) is 6.07 Å². The van der Waals surface area contributed by atoms with E-state index in [4.69, 9.17) is 10.5 Å². The number of pyridine rings is 2. The van der Waals surface area contributed by atoms with Crippen LogP contribution in [0.15, 0.2) is 35.4 Å². The molecule has 1 amide bonds. The van der Waals surface area contributed by atoms with E-state index in [0.717, 1.165) is 42.8 Å². The number of carbonyl (C=O) groups excluding carboxylic acids is 1.